The van der Waals surface area contributed by atoms with E-state index in [0.29, 0.717) is 6.61 Å². The van der Waals surface area contributed by atoms with Crippen molar-refractivity contribution in [1.29, 1.82) is 0 Å². The summed E-state index contributed by atoms with van der Waals surface area (Å²) in [6, 6.07) is 7.67. The summed E-state index contributed by atoms with van der Waals surface area (Å²) in [6.07, 6.45) is 6.64. The number of carbonyl (C=O) groups excluding carboxylic acids is 1. The molecule has 0 saturated carbocycles. The number of ether oxygens (including phenoxy) is 2. The maximum absolute atomic E-state index is 11.2. The van der Waals surface area contributed by atoms with Gasteiger partial charge in [-0.3, -0.25) is 0 Å². The van der Waals surface area contributed by atoms with Gasteiger partial charge in [0.25, 0.3) is 0 Å². The minimum Gasteiger partial charge on any atom is -0.494 e. The lowest BCUT2D eigenvalue weighted by atomic mass is 10.2. The topological polar surface area (TPSA) is 35.5 Å². The van der Waals surface area contributed by atoms with E-state index in [4.69, 9.17) is 9.47 Å². The molecule has 0 aromatic heterocycles. The highest BCUT2D eigenvalue weighted by Crippen LogP contribution is 2.13. The molecular weight excluding hydrogens is 240 g/mol. The molecule has 0 fully saturated rings. The number of hydrogen-bond donors (Lipinski definition) is 0. The lowest BCUT2D eigenvalue weighted by molar-refractivity contribution is -0.137. The average molecular weight is 262 g/mol. The minimum absolute atomic E-state index is 0.317. The smallest absolute Gasteiger partial charge is 0.330 e. The second-order valence-electron chi connectivity index (χ2n) is 4.21. The Bertz CT molecular complexity index is 393. The van der Waals surface area contributed by atoms with Crippen LogP contribution in [-0.2, 0) is 9.53 Å². The summed E-state index contributed by atoms with van der Waals surface area (Å²) in [5.41, 5.74) is 0.953. The fourth-order valence-electron chi connectivity index (χ4n) is 1.57. The molecule has 3 nitrogen and oxygen atoms in total. The second kappa shape index (κ2) is 9.20. The van der Waals surface area contributed by atoms with Crippen LogP contribution >= 0.6 is 0 Å². The van der Waals surface area contributed by atoms with Crippen molar-refractivity contribution in [3.8, 4) is 5.75 Å². The Kier molecular flexibility index (Phi) is 7.40. The van der Waals surface area contributed by atoms with Gasteiger partial charge in [0.1, 0.15) is 5.75 Å². The van der Waals surface area contributed by atoms with Crippen LogP contribution < -0.4 is 4.74 Å². The van der Waals surface area contributed by atoms with Gasteiger partial charge in [-0.2, -0.15) is 0 Å². The standard InChI is InChI=1S/C16H22O3/c1-3-5-6-13-19-15-10-7-14(8-11-15)9-12-16(17)18-4-2/h7-12H,3-6,13H2,1-2H3. The quantitative estimate of drug-likeness (QED) is 0.406. The zero-order valence-electron chi connectivity index (χ0n) is 11.7. The molecule has 0 radical (unpaired) electrons. The largest absolute Gasteiger partial charge is 0.494 e. The van der Waals surface area contributed by atoms with Crippen LogP contribution in [0.5, 0.6) is 5.75 Å². The third-order valence-corrected chi connectivity index (χ3v) is 2.60. The van der Waals surface area contributed by atoms with Gasteiger partial charge in [0.15, 0.2) is 0 Å². The zero-order chi connectivity index (χ0) is 13.9. The van der Waals surface area contributed by atoms with Crippen LogP contribution in [0, 0.1) is 0 Å². The molecule has 0 bridgehead atoms. The Morgan fingerprint density at radius 1 is 1.16 bits per heavy atom. The number of carbonyl (C=O) groups is 1. The Balaban J connectivity index is 2.40. The highest BCUT2D eigenvalue weighted by Gasteiger charge is 1.96. The summed E-state index contributed by atoms with van der Waals surface area (Å²) < 4.78 is 10.4. The van der Waals surface area contributed by atoms with Crippen LogP contribution in [0.4, 0.5) is 0 Å². The monoisotopic (exact) mass is 262 g/mol. The number of benzene rings is 1. The number of hydrogen-bond acceptors (Lipinski definition) is 3. The van der Waals surface area contributed by atoms with Crippen LogP contribution in [0.15, 0.2) is 30.3 Å². The summed E-state index contributed by atoms with van der Waals surface area (Å²) in [5, 5.41) is 0. The number of esters is 1. The van der Waals surface area contributed by atoms with Crippen LogP contribution in [0.25, 0.3) is 6.08 Å². The van der Waals surface area contributed by atoms with Crippen LogP contribution in [-0.4, -0.2) is 19.2 Å². The molecule has 1 aromatic carbocycles. The van der Waals surface area contributed by atoms with Crippen molar-refractivity contribution < 1.29 is 14.3 Å². The maximum atomic E-state index is 11.2. The van der Waals surface area contributed by atoms with Crippen molar-refractivity contribution in [2.24, 2.45) is 0 Å². The summed E-state index contributed by atoms with van der Waals surface area (Å²) in [6.45, 7) is 5.11. The van der Waals surface area contributed by atoms with Crippen molar-refractivity contribution >= 4 is 12.0 Å². The fourth-order valence-corrected chi connectivity index (χ4v) is 1.57. The summed E-state index contributed by atoms with van der Waals surface area (Å²) in [5.74, 6) is 0.548. The first-order valence-corrected chi connectivity index (χ1v) is 6.84. The SMILES string of the molecule is CCCCCOc1ccc(C=CC(=O)OCC)cc1. The lowest BCUT2D eigenvalue weighted by Crippen LogP contribution is -1.98. The summed E-state index contributed by atoms with van der Waals surface area (Å²) in [4.78, 5) is 11.2. The molecule has 0 heterocycles. The van der Waals surface area contributed by atoms with Crippen LogP contribution in [0.2, 0.25) is 0 Å². The Morgan fingerprint density at radius 3 is 2.53 bits per heavy atom. The molecule has 0 N–H and O–H groups in total. The van der Waals surface area contributed by atoms with E-state index >= 15 is 0 Å². The van der Waals surface area contributed by atoms with Crippen molar-refractivity contribution in [1.82, 2.24) is 0 Å². The van der Waals surface area contributed by atoms with E-state index in [-0.39, 0.29) is 5.97 Å². The average Bonchev–Trinajstić information content (AvgIpc) is 2.43. The van der Waals surface area contributed by atoms with Gasteiger partial charge in [-0.15, -0.1) is 0 Å². The molecule has 1 rings (SSSR count). The van der Waals surface area contributed by atoms with E-state index in [0.717, 1.165) is 24.3 Å². The van der Waals surface area contributed by atoms with Crippen molar-refractivity contribution in [2.75, 3.05) is 13.2 Å². The molecule has 104 valence electrons. The minimum atomic E-state index is -0.317. The first kappa shape index (κ1) is 15.3. The highest BCUT2D eigenvalue weighted by atomic mass is 16.5. The van der Waals surface area contributed by atoms with Crippen molar-refractivity contribution in [3.63, 3.8) is 0 Å². The molecule has 0 aliphatic rings. The molecule has 19 heavy (non-hydrogen) atoms. The molecule has 0 amide bonds. The van der Waals surface area contributed by atoms with Crippen LogP contribution in [0.3, 0.4) is 0 Å². The van der Waals surface area contributed by atoms with Gasteiger partial charge >= 0.3 is 5.97 Å². The van der Waals surface area contributed by atoms with Crippen LogP contribution in [0.1, 0.15) is 38.7 Å². The third kappa shape index (κ3) is 6.65. The maximum Gasteiger partial charge on any atom is 0.330 e. The summed E-state index contributed by atoms with van der Waals surface area (Å²) in [7, 11) is 0. The van der Waals surface area contributed by atoms with Gasteiger partial charge in [-0.1, -0.05) is 31.9 Å². The van der Waals surface area contributed by atoms with Gasteiger partial charge in [0, 0.05) is 6.08 Å². The predicted molar refractivity (Wildman–Crippen MR) is 77.1 cm³/mol. The molecule has 0 unspecified atom stereocenters. The molecule has 0 atom stereocenters. The van der Waals surface area contributed by atoms with E-state index in [1.165, 1.54) is 18.9 Å². The van der Waals surface area contributed by atoms with Gasteiger partial charge < -0.3 is 9.47 Å². The molecule has 0 spiro atoms. The van der Waals surface area contributed by atoms with E-state index in [9.17, 15) is 4.79 Å². The Hall–Kier alpha value is -1.77. The Labute approximate surface area is 115 Å². The number of unbranched alkanes of at least 4 members (excludes halogenated alkanes) is 2. The zero-order valence-corrected chi connectivity index (χ0v) is 11.7. The van der Waals surface area contributed by atoms with Gasteiger partial charge in [0.05, 0.1) is 13.2 Å². The molecular formula is C16H22O3. The molecule has 3 heteroatoms. The molecule has 0 saturated heterocycles. The summed E-state index contributed by atoms with van der Waals surface area (Å²) >= 11 is 0. The number of rotatable bonds is 8. The first-order valence-electron chi connectivity index (χ1n) is 6.84. The highest BCUT2D eigenvalue weighted by molar-refractivity contribution is 5.87. The Morgan fingerprint density at radius 2 is 1.89 bits per heavy atom. The second-order valence-corrected chi connectivity index (χ2v) is 4.21. The molecule has 1 aromatic rings. The van der Waals surface area contributed by atoms with E-state index < -0.39 is 0 Å². The van der Waals surface area contributed by atoms with E-state index in [2.05, 4.69) is 6.92 Å². The van der Waals surface area contributed by atoms with Crippen molar-refractivity contribution in [3.05, 3.63) is 35.9 Å². The van der Waals surface area contributed by atoms with Crippen molar-refractivity contribution in [2.45, 2.75) is 33.1 Å². The molecule has 0 aliphatic carbocycles. The fraction of sp³-hybridized carbons (Fsp3) is 0.438. The third-order valence-electron chi connectivity index (χ3n) is 2.60. The van der Waals surface area contributed by atoms with E-state index in [1.807, 2.05) is 24.3 Å². The molecule has 0 aliphatic heterocycles. The lowest BCUT2D eigenvalue weighted by Gasteiger charge is -2.05. The van der Waals surface area contributed by atoms with Gasteiger partial charge in [0.2, 0.25) is 0 Å². The normalized spacial score (nSPS) is 10.6. The van der Waals surface area contributed by atoms with Gasteiger partial charge in [-0.25, -0.2) is 4.79 Å². The van der Waals surface area contributed by atoms with Gasteiger partial charge in [-0.05, 0) is 37.1 Å². The predicted octanol–water partition coefficient (Wildman–Crippen LogP) is 3.83. The van der Waals surface area contributed by atoms with E-state index in [1.54, 1.807) is 13.0 Å². The first-order chi connectivity index (χ1) is 9.26.